The Morgan fingerprint density at radius 3 is 1.64 bits per heavy atom. The van der Waals surface area contributed by atoms with Gasteiger partial charge in [0.05, 0.1) is 13.0 Å². The third-order valence-electron chi connectivity index (χ3n) is 5.54. The second kappa shape index (κ2) is 22.1. The maximum Gasteiger partial charge on any atom is 0.335 e. The monoisotopic (exact) mass is 474 g/mol. The second-order valence-corrected chi connectivity index (χ2v) is 8.74. The summed E-state index contributed by atoms with van der Waals surface area (Å²) >= 11 is 0. The van der Waals surface area contributed by atoms with E-state index >= 15 is 0 Å². The van der Waals surface area contributed by atoms with E-state index in [2.05, 4.69) is 6.92 Å². The van der Waals surface area contributed by atoms with Crippen molar-refractivity contribution in [3.8, 4) is 0 Å². The predicted molar refractivity (Wildman–Crippen MR) is 126 cm³/mol. The molecular weight excluding hydrogens is 428 g/mol. The van der Waals surface area contributed by atoms with Crippen LogP contribution in [-0.4, -0.2) is 58.6 Å². The number of hydrogen-bond acceptors (Lipinski definition) is 7. The molecule has 0 spiro atoms. The summed E-state index contributed by atoms with van der Waals surface area (Å²) in [5.41, 5.74) is 0. The van der Waals surface area contributed by atoms with Crippen LogP contribution in [0.25, 0.3) is 0 Å². The van der Waals surface area contributed by atoms with Gasteiger partial charge in [-0.3, -0.25) is 9.59 Å². The molecule has 0 amide bonds. The predicted octanol–water partition coefficient (Wildman–Crippen LogP) is 4.53. The summed E-state index contributed by atoms with van der Waals surface area (Å²) in [6.45, 7) is 1.28. The first-order chi connectivity index (χ1) is 15.9. The van der Waals surface area contributed by atoms with Gasteiger partial charge in [-0.15, -0.1) is 0 Å². The van der Waals surface area contributed by atoms with Crippen molar-refractivity contribution in [3.05, 3.63) is 0 Å². The molecule has 194 valence electrons. The van der Waals surface area contributed by atoms with Crippen LogP contribution in [0.4, 0.5) is 0 Å². The fourth-order valence-corrected chi connectivity index (χ4v) is 3.53. The zero-order chi connectivity index (χ0) is 24.7. The number of carboxylic acids is 1. The average molecular weight is 475 g/mol. The molecule has 0 aliphatic rings. The van der Waals surface area contributed by atoms with Gasteiger partial charge < -0.3 is 24.8 Å². The summed E-state index contributed by atoms with van der Waals surface area (Å²) in [4.78, 5) is 33.8. The van der Waals surface area contributed by atoms with Gasteiger partial charge >= 0.3 is 17.9 Å². The lowest BCUT2D eigenvalue weighted by Crippen LogP contribution is -2.32. The highest BCUT2D eigenvalue weighted by atomic mass is 16.6. The molecule has 0 aromatic rings. The van der Waals surface area contributed by atoms with Crippen molar-refractivity contribution in [2.24, 2.45) is 0 Å². The van der Waals surface area contributed by atoms with Crippen LogP contribution < -0.4 is 0 Å². The molecule has 0 aliphatic carbocycles. The lowest BCUT2D eigenvalue weighted by Gasteiger charge is -2.16. The summed E-state index contributed by atoms with van der Waals surface area (Å²) in [6, 6.07) is 0. The van der Waals surface area contributed by atoms with Crippen molar-refractivity contribution in [2.45, 2.75) is 128 Å². The van der Waals surface area contributed by atoms with E-state index < -0.39 is 49.8 Å². The van der Waals surface area contributed by atoms with Gasteiger partial charge in [0.1, 0.15) is 6.61 Å². The molecule has 0 bridgehead atoms. The Labute approximate surface area is 199 Å². The van der Waals surface area contributed by atoms with Crippen molar-refractivity contribution < 1.29 is 39.2 Å². The smallest absolute Gasteiger partial charge is 0.335 e. The van der Waals surface area contributed by atoms with E-state index in [0.29, 0.717) is 6.42 Å². The second-order valence-electron chi connectivity index (χ2n) is 8.74. The van der Waals surface area contributed by atoms with E-state index in [-0.39, 0.29) is 6.42 Å². The van der Waals surface area contributed by atoms with Gasteiger partial charge in [-0.05, 0) is 6.42 Å². The summed E-state index contributed by atoms with van der Waals surface area (Å²) in [7, 11) is 0. The van der Waals surface area contributed by atoms with E-state index in [4.69, 9.17) is 14.6 Å². The molecule has 0 aromatic heterocycles. The molecule has 0 heterocycles. The topological polar surface area (TPSA) is 130 Å². The molecule has 2 unspecified atom stereocenters. The summed E-state index contributed by atoms with van der Waals surface area (Å²) in [5, 5.41) is 27.1. The summed E-state index contributed by atoms with van der Waals surface area (Å²) < 4.78 is 9.77. The number of carbonyl (C=O) groups is 3. The van der Waals surface area contributed by atoms with Crippen LogP contribution in [0.2, 0.25) is 0 Å². The number of unbranched alkanes of at least 4 members (excludes halogenated alkanes) is 14. The van der Waals surface area contributed by atoms with Crippen LogP contribution in [0.5, 0.6) is 0 Å². The van der Waals surface area contributed by atoms with E-state index in [1.165, 1.54) is 77.0 Å². The highest BCUT2D eigenvalue weighted by Gasteiger charge is 2.22. The first kappa shape index (κ1) is 31.3. The van der Waals surface area contributed by atoms with E-state index in [1.807, 2.05) is 0 Å². The first-order valence-electron chi connectivity index (χ1n) is 12.8. The van der Waals surface area contributed by atoms with Gasteiger partial charge in [0.15, 0.2) is 12.2 Å². The third kappa shape index (κ3) is 20.7. The van der Waals surface area contributed by atoms with E-state index in [0.717, 1.165) is 12.8 Å². The highest BCUT2D eigenvalue weighted by Crippen LogP contribution is 2.14. The number of ether oxygens (including phenoxy) is 2. The molecule has 0 radical (unpaired) electrons. The maximum atomic E-state index is 11.9. The van der Waals surface area contributed by atoms with Crippen LogP contribution in [-0.2, 0) is 23.9 Å². The minimum Gasteiger partial charge on any atom is -0.481 e. The molecule has 0 rings (SSSR count). The molecule has 0 saturated heterocycles. The number of rotatable bonds is 23. The summed E-state index contributed by atoms with van der Waals surface area (Å²) in [5.74, 6) is -2.95. The van der Waals surface area contributed by atoms with Crippen LogP contribution in [0, 0.1) is 0 Å². The Kier molecular flexibility index (Phi) is 21.0. The lowest BCUT2D eigenvalue weighted by atomic mass is 10.0. The number of hydrogen-bond donors (Lipinski definition) is 3. The maximum absolute atomic E-state index is 11.9. The Morgan fingerprint density at radius 1 is 0.758 bits per heavy atom. The summed E-state index contributed by atoms with van der Waals surface area (Å²) in [6.07, 6.45) is 15.2. The zero-order valence-corrected chi connectivity index (χ0v) is 20.5. The fourth-order valence-electron chi connectivity index (χ4n) is 3.53. The SMILES string of the molecule is CCCCCCCCCCCCCCCCCC(=O)OC(CO)COC(=O)C(O)CC(=O)O. The van der Waals surface area contributed by atoms with Crippen LogP contribution in [0.15, 0.2) is 0 Å². The van der Waals surface area contributed by atoms with Gasteiger partial charge in [-0.2, -0.15) is 0 Å². The Morgan fingerprint density at radius 2 is 1.21 bits per heavy atom. The number of aliphatic carboxylic acids is 1. The number of aliphatic hydroxyl groups excluding tert-OH is 2. The number of carbonyl (C=O) groups excluding carboxylic acids is 2. The van der Waals surface area contributed by atoms with Crippen LogP contribution in [0.3, 0.4) is 0 Å². The Bertz CT molecular complexity index is 509. The van der Waals surface area contributed by atoms with E-state index in [9.17, 15) is 24.6 Å². The molecular formula is C25H46O8. The largest absolute Gasteiger partial charge is 0.481 e. The Hall–Kier alpha value is -1.67. The molecule has 33 heavy (non-hydrogen) atoms. The van der Waals surface area contributed by atoms with Crippen molar-refractivity contribution >= 4 is 17.9 Å². The molecule has 8 heteroatoms. The molecule has 0 aromatic carbocycles. The normalized spacial score (nSPS) is 12.8. The van der Waals surface area contributed by atoms with Crippen LogP contribution in [0.1, 0.15) is 116 Å². The molecule has 0 saturated carbocycles. The average Bonchev–Trinajstić information content (AvgIpc) is 2.78. The molecule has 0 fully saturated rings. The fraction of sp³-hybridized carbons (Fsp3) is 0.880. The van der Waals surface area contributed by atoms with E-state index in [1.54, 1.807) is 0 Å². The molecule has 0 aliphatic heterocycles. The highest BCUT2D eigenvalue weighted by molar-refractivity contribution is 5.80. The van der Waals surface area contributed by atoms with Gasteiger partial charge in [-0.25, -0.2) is 4.79 Å². The van der Waals surface area contributed by atoms with Gasteiger partial charge in [0, 0.05) is 6.42 Å². The minimum absolute atomic E-state index is 0.227. The standard InChI is InChI=1S/C25H46O8/c1-2-3-4-5-6-7-8-9-10-11-12-13-14-15-16-17-24(30)33-21(19-26)20-32-25(31)22(27)18-23(28)29/h21-22,26-27H,2-20H2,1H3,(H,28,29). The molecule has 3 N–H and O–H groups in total. The van der Waals surface area contributed by atoms with Crippen molar-refractivity contribution in [1.82, 2.24) is 0 Å². The van der Waals surface area contributed by atoms with Crippen molar-refractivity contribution in [2.75, 3.05) is 13.2 Å². The van der Waals surface area contributed by atoms with Gasteiger partial charge in [0.2, 0.25) is 0 Å². The lowest BCUT2D eigenvalue weighted by molar-refractivity contribution is -0.167. The number of carboxylic acid groups (broad SMARTS) is 1. The molecule has 8 nitrogen and oxygen atoms in total. The van der Waals surface area contributed by atoms with Gasteiger partial charge in [-0.1, -0.05) is 96.8 Å². The van der Waals surface area contributed by atoms with Crippen molar-refractivity contribution in [1.29, 1.82) is 0 Å². The zero-order valence-electron chi connectivity index (χ0n) is 20.5. The number of aliphatic hydroxyl groups is 2. The van der Waals surface area contributed by atoms with Gasteiger partial charge in [0.25, 0.3) is 0 Å². The number of esters is 2. The third-order valence-corrected chi connectivity index (χ3v) is 5.54. The first-order valence-corrected chi connectivity index (χ1v) is 12.8. The minimum atomic E-state index is -1.79. The Balaban J connectivity index is 3.59. The van der Waals surface area contributed by atoms with Crippen LogP contribution >= 0.6 is 0 Å². The van der Waals surface area contributed by atoms with Crippen molar-refractivity contribution in [3.63, 3.8) is 0 Å². The molecule has 2 atom stereocenters. The quantitative estimate of drug-likeness (QED) is 0.145.